The molecular weight excluding hydrogens is 442 g/mol. The topological polar surface area (TPSA) is 105 Å². The molecule has 0 saturated carbocycles. The van der Waals surface area contributed by atoms with Crippen molar-refractivity contribution < 1.29 is 16.8 Å². The second-order valence-corrected chi connectivity index (χ2v) is 11.0. The lowest BCUT2D eigenvalue weighted by molar-refractivity contribution is 0.588. The maximum atomic E-state index is 12.8. The lowest BCUT2D eigenvalue weighted by atomic mass is 10.2. The van der Waals surface area contributed by atoms with Crippen molar-refractivity contribution in [3.8, 4) is 10.6 Å². The number of hydrogen-bond acceptors (Lipinski definition) is 6. The van der Waals surface area contributed by atoms with E-state index in [0.717, 1.165) is 26.9 Å². The Labute approximate surface area is 178 Å². The molecule has 0 amide bonds. The summed E-state index contributed by atoms with van der Waals surface area (Å²) in [6.45, 7) is 0. The summed E-state index contributed by atoms with van der Waals surface area (Å²) in [6.07, 6.45) is 0. The summed E-state index contributed by atoms with van der Waals surface area (Å²) in [6, 6.07) is 19.9. The van der Waals surface area contributed by atoms with Crippen LogP contribution in [0.15, 0.2) is 82.6 Å². The molecular formula is C20H17N3O4S3. The Kier molecular flexibility index (Phi) is 5.33. The van der Waals surface area contributed by atoms with Crippen molar-refractivity contribution in [1.82, 2.24) is 9.71 Å². The van der Waals surface area contributed by atoms with Crippen molar-refractivity contribution in [2.75, 3.05) is 11.8 Å². The van der Waals surface area contributed by atoms with E-state index in [1.54, 1.807) is 18.2 Å². The number of benzene rings is 3. The molecule has 0 aliphatic heterocycles. The lowest BCUT2D eigenvalue weighted by Crippen LogP contribution is -2.19. The average Bonchev–Trinajstić information content (AvgIpc) is 3.18. The molecule has 4 rings (SSSR count). The molecule has 0 radical (unpaired) electrons. The Balaban J connectivity index is 1.66. The van der Waals surface area contributed by atoms with Crippen molar-refractivity contribution in [3.05, 3.63) is 72.8 Å². The zero-order valence-corrected chi connectivity index (χ0v) is 18.2. The fourth-order valence-electron chi connectivity index (χ4n) is 2.85. The molecule has 7 nitrogen and oxygen atoms in total. The summed E-state index contributed by atoms with van der Waals surface area (Å²) >= 11 is 1.52. The Hall–Kier alpha value is -2.79. The zero-order valence-electron chi connectivity index (χ0n) is 15.7. The van der Waals surface area contributed by atoms with E-state index in [-0.39, 0.29) is 9.79 Å². The largest absolute Gasteiger partial charge is 0.280 e. The summed E-state index contributed by atoms with van der Waals surface area (Å²) in [4.78, 5) is 4.32. The van der Waals surface area contributed by atoms with Gasteiger partial charge in [0, 0.05) is 11.3 Å². The van der Waals surface area contributed by atoms with Crippen molar-refractivity contribution in [2.45, 2.75) is 9.79 Å². The van der Waals surface area contributed by atoms with Crippen LogP contribution < -0.4 is 9.44 Å². The van der Waals surface area contributed by atoms with Gasteiger partial charge in [0.25, 0.3) is 10.0 Å². The minimum absolute atomic E-state index is 0.129. The van der Waals surface area contributed by atoms with Gasteiger partial charge in [0.2, 0.25) is 10.0 Å². The number of aromatic nitrogens is 1. The predicted molar refractivity (Wildman–Crippen MR) is 119 cm³/mol. The van der Waals surface area contributed by atoms with Crippen molar-refractivity contribution >= 4 is 47.3 Å². The normalized spacial score (nSPS) is 12.2. The van der Waals surface area contributed by atoms with E-state index in [2.05, 4.69) is 14.4 Å². The van der Waals surface area contributed by atoms with Gasteiger partial charge in [0.05, 0.1) is 20.0 Å². The van der Waals surface area contributed by atoms with Gasteiger partial charge in [0.15, 0.2) is 0 Å². The molecule has 0 unspecified atom stereocenters. The van der Waals surface area contributed by atoms with E-state index in [1.165, 1.54) is 36.6 Å². The van der Waals surface area contributed by atoms with Crippen molar-refractivity contribution in [2.24, 2.45) is 0 Å². The van der Waals surface area contributed by atoms with Gasteiger partial charge in [-0.1, -0.05) is 30.3 Å². The van der Waals surface area contributed by atoms with Crippen LogP contribution in [0.2, 0.25) is 0 Å². The van der Waals surface area contributed by atoms with Gasteiger partial charge < -0.3 is 0 Å². The van der Waals surface area contributed by atoms with Gasteiger partial charge >= 0.3 is 0 Å². The average molecular weight is 460 g/mol. The second-order valence-electron chi connectivity index (χ2n) is 6.36. The smallest absolute Gasteiger partial charge is 0.261 e. The van der Waals surface area contributed by atoms with Gasteiger partial charge in [-0.2, -0.15) is 0 Å². The molecule has 3 aromatic carbocycles. The number of rotatable bonds is 6. The van der Waals surface area contributed by atoms with Crippen LogP contribution in [-0.2, 0) is 20.0 Å². The van der Waals surface area contributed by atoms with Crippen LogP contribution in [0.3, 0.4) is 0 Å². The van der Waals surface area contributed by atoms with Crippen molar-refractivity contribution in [1.29, 1.82) is 0 Å². The third-order valence-corrected chi connectivity index (χ3v) is 8.23. The highest BCUT2D eigenvalue weighted by atomic mass is 32.2. The minimum Gasteiger partial charge on any atom is -0.280 e. The Morgan fingerprint density at radius 2 is 1.50 bits per heavy atom. The summed E-state index contributed by atoms with van der Waals surface area (Å²) in [5.41, 5.74) is 2.02. The molecule has 154 valence electrons. The first-order valence-electron chi connectivity index (χ1n) is 8.81. The number of anilines is 1. The summed E-state index contributed by atoms with van der Waals surface area (Å²) in [7, 11) is -6.48. The Bertz CT molecular complexity index is 1410. The van der Waals surface area contributed by atoms with Crippen LogP contribution in [0.5, 0.6) is 0 Å². The predicted octanol–water partition coefficient (Wildman–Crippen LogP) is 3.67. The third-order valence-electron chi connectivity index (χ3n) is 4.35. The quantitative estimate of drug-likeness (QED) is 0.458. The summed E-state index contributed by atoms with van der Waals surface area (Å²) in [5.74, 6) is 0. The van der Waals surface area contributed by atoms with Crippen LogP contribution in [0.25, 0.3) is 20.8 Å². The molecule has 10 heteroatoms. The Morgan fingerprint density at radius 3 is 2.23 bits per heavy atom. The first-order chi connectivity index (χ1) is 14.3. The molecule has 0 aliphatic carbocycles. The van der Waals surface area contributed by atoms with Gasteiger partial charge in [-0.05, 0) is 49.5 Å². The van der Waals surface area contributed by atoms with Gasteiger partial charge in [-0.15, -0.1) is 11.3 Å². The molecule has 0 bridgehead atoms. The molecule has 30 heavy (non-hydrogen) atoms. The number of nitrogens with one attached hydrogen (secondary N) is 2. The molecule has 1 heterocycles. The highest BCUT2D eigenvalue weighted by Gasteiger charge is 2.19. The van der Waals surface area contributed by atoms with Gasteiger partial charge in [-0.25, -0.2) is 26.5 Å². The molecule has 4 aromatic rings. The molecule has 2 N–H and O–H groups in total. The lowest BCUT2D eigenvalue weighted by Gasteiger charge is -2.10. The molecule has 0 spiro atoms. The highest BCUT2D eigenvalue weighted by molar-refractivity contribution is 7.93. The molecule has 0 aliphatic rings. The fraction of sp³-hybridized carbons (Fsp3) is 0.0500. The van der Waals surface area contributed by atoms with E-state index < -0.39 is 20.0 Å². The van der Waals surface area contributed by atoms with Crippen molar-refractivity contribution in [3.63, 3.8) is 0 Å². The highest BCUT2D eigenvalue weighted by Crippen LogP contribution is 2.31. The van der Waals surface area contributed by atoms with Crippen LogP contribution in [0.4, 0.5) is 5.69 Å². The number of sulfonamides is 2. The SMILES string of the molecule is CNS(=O)(=O)c1cccc(S(=O)(=O)Nc2cccc(-c3nc4ccccc4s3)c2)c1. The molecule has 0 fully saturated rings. The third kappa shape index (κ3) is 4.08. The maximum absolute atomic E-state index is 12.8. The van der Waals surface area contributed by atoms with E-state index in [4.69, 9.17) is 0 Å². The summed E-state index contributed by atoms with van der Waals surface area (Å²) in [5, 5.41) is 0.777. The van der Waals surface area contributed by atoms with E-state index >= 15 is 0 Å². The number of fused-ring (bicyclic) bond motifs is 1. The van der Waals surface area contributed by atoms with Crippen LogP contribution in [0.1, 0.15) is 0 Å². The van der Waals surface area contributed by atoms with Crippen LogP contribution >= 0.6 is 11.3 Å². The molecule has 1 aromatic heterocycles. The minimum atomic E-state index is -3.99. The second kappa shape index (κ2) is 7.80. The van der Waals surface area contributed by atoms with E-state index in [9.17, 15) is 16.8 Å². The van der Waals surface area contributed by atoms with E-state index in [1.807, 2.05) is 30.3 Å². The Morgan fingerprint density at radius 1 is 0.800 bits per heavy atom. The monoisotopic (exact) mass is 459 g/mol. The maximum Gasteiger partial charge on any atom is 0.261 e. The summed E-state index contributed by atoms with van der Waals surface area (Å²) < 4.78 is 55.3. The molecule has 0 atom stereocenters. The molecule has 0 saturated heterocycles. The first-order valence-corrected chi connectivity index (χ1v) is 12.6. The standard InChI is InChI=1S/C20H17N3O4S3/c1-21-29(24,25)16-8-5-9-17(13-16)30(26,27)23-15-7-4-6-14(12-15)20-22-18-10-2-3-11-19(18)28-20/h2-13,21,23H,1H3. The van der Waals surface area contributed by atoms with Gasteiger partial charge in [-0.3, -0.25) is 4.72 Å². The van der Waals surface area contributed by atoms with Gasteiger partial charge in [0.1, 0.15) is 5.01 Å². The first kappa shape index (κ1) is 20.5. The zero-order chi connectivity index (χ0) is 21.4. The number of hydrogen-bond donors (Lipinski definition) is 2. The number of thiazole rings is 1. The van der Waals surface area contributed by atoms with Crippen LogP contribution in [-0.4, -0.2) is 28.9 Å². The number of para-hydroxylation sites is 1. The van der Waals surface area contributed by atoms with E-state index in [0.29, 0.717) is 5.69 Å². The number of nitrogens with zero attached hydrogens (tertiary/aromatic N) is 1. The fourth-order valence-corrected chi connectivity index (χ4v) is 5.76. The van der Waals surface area contributed by atoms with Crippen LogP contribution in [0, 0.1) is 0 Å².